The number of hydrogen-bond donors (Lipinski definition) is 2. The second-order valence-corrected chi connectivity index (χ2v) is 6.49. The molecule has 5 nitrogen and oxygen atoms in total. The van der Waals surface area contributed by atoms with Gasteiger partial charge in [-0.3, -0.25) is 0 Å². The number of anilines is 1. The first-order valence-electron chi connectivity index (χ1n) is 5.80. The van der Waals surface area contributed by atoms with Crippen LogP contribution in [0.3, 0.4) is 0 Å². The van der Waals surface area contributed by atoms with Crippen molar-refractivity contribution in [3.63, 3.8) is 0 Å². The van der Waals surface area contributed by atoms with E-state index in [1.807, 2.05) is 14.1 Å². The van der Waals surface area contributed by atoms with Crippen molar-refractivity contribution in [1.82, 2.24) is 9.88 Å². The van der Waals surface area contributed by atoms with E-state index in [1.54, 1.807) is 6.92 Å². The predicted octanol–water partition coefficient (Wildman–Crippen LogP) is 2.15. The molecule has 1 rings (SSSR count). The van der Waals surface area contributed by atoms with E-state index in [-0.39, 0.29) is 5.41 Å². The standard InChI is InChI=1S/C12H21N3O2S/c1-8-9(10(16)17)18-11(14-8)13-6-12(2,3)7-15(4)5/h6-7H2,1-5H3,(H,13,14)(H,16,17). The highest BCUT2D eigenvalue weighted by molar-refractivity contribution is 7.17. The zero-order chi connectivity index (χ0) is 13.9. The number of thiazole rings is 1. The van der Waals surface area contributed by atoms with E-state index >= 15 is 0 Å². The topological polar surface area (TPSA) is 65.5 Å². The van der Waals surface area contributed by atoms with Crippen LogP contribution in [-0.2, 0) is 0 Å². The van der Waals surface area contributed by atoms with E-state index in [9.17, 15) is 4.79 Å². The van der Waals surface area contributed by atoms with Crippen molar-refractivity contribution in [1.29, 1.82) is 0 Å². The number of hydrogen-bond acceptors (Lipinski definition) is 5. The van der Waals surface area contributed by atoms with Crippen molar-refractivity contribution < 1.29 is 9.90 Å². The quantitative estimate of drug-likeness (QED) is 0.830. The summed E-state index contributed by atoms with van der Waals surface area (Å²) in [5.74, 6) is -0.911. The van der Waals surface area contributed by atoms with Gasteiger partial charge in [0.15, 0.2) is 5.13 Å². The van der Waals surface area contributed by atoms with E-state index < -0.39 is 5.97 Å². The van der Waals surface area contributed by atoms with Crippen LogP contribution in [0.15, 0.2) is 0 Å². The smallest absolute Gasteiger partial charge is 0.347 e. The second-order valence-electron chi connectivity index (χ2n) is 5.49. The molecule has 0 fully saturated rings. The molecule has 0 spiro atoms. The second kappa shape index (κ2) is 5.67. The average molecular weight is 271 g/mol. The molecule has 1 aromatic heterocycles. The summed E-state index contributed by atoms with van der Waals surface area (Å²) in [5, 5.41) is 12.9. The van der Waals surface area contributed by atoms with Crippen molar-refractivity contribution in [3.8, 4) is 0 Å². The Balaban J connectivity index is 2.64. The first kappa shape index (κ1) is 14.9. The van der Waals surface area contributed by atoms with Gasteiger partial charge in [0.1, 0.15) is 4.88 Å². The van der Waals surface area contributed by atoms with Gasteiger partial charge in [-0.1, -0.05) is 25.2 Å². The van der Waals surface area contributed by atoms with Crippen molar-refractivity contribution in [2.24, 2.45) is 5.41 Å². The van der Waals surface area contributed by atoms with Gasteiger partial charge < -0.3 is 15.3 Å². The summed E-state index contributed by atoms with van der Waals surface area (Å²) < 4.78 is 0. The lowest BCUT2D eigenvalue weighted by Crippen LogP contribution is -2.34. The molecule has 1 aromatic rings. The van der Waals surface area contributed by atoms with Gasteiger partial charge in [0, 0.05) is 13.1 Å². The average Bonchev–Trinajstić information content (AvgIpc) is 2.55. The van der Waals surface area contributed by atoms with Gasteiger partial charge in [-0.05, 0) is 26.4 Å². The van der Waals surface area contributed by atoms with Crippen LogP contribution in [0.2, 0.25) is 0 Å². The highest BCUT2D eigenvalue weighted by atomic mass is 32.1. The van der Waals surface area contributed by atoms with Crippen molar-refractivity contribution in [3.05, 3.63) is 10.6 Å². The first-order chi connectivity index (χ1) is 8.21. The van der Waals surface area contributed by atoms with Crippen LogP contribution >= 0.6 is 11.3 Å². The van der Waals surface area contributed by atoms with Crippen LogP contribution in [0.25, 0.3) is 0 Å². The van der Waals surface area contributed by atoms with E-state index in [2.05, 4.69) is 29.0 Å². The number of carbonyl (C=O) groups is 1. The number of aryl methyl sites for hydroxylation is 1. The minimum atomic E-state index is -0.911. The lowest BCUT2D eigenvalue weighted by molar-refractivity contribution is 0.0701. The number of rotatable bonds is 6. The third-order valence-electron chi connectivity index (χ3n) is 2.45. The summed E-state index contributed by atoms with van der Waals surface area (Å²) in [6, 6.07) is 0. The molecular weight excluding hydrogens is 250 g/mol. The molecule has 0 unspecified atom stereocenters. The van der Waals surface area contributed by atoms with Crippen molar-refractivity contribution in [2.75, 3.05) is 32.5 Å². The Morgan fingerprint density at radius 2 is 2.11 bits per heavy atom. The highest BCUT2D eigenvalue weighted by Crippen LogP contribution is 2.24. The molecular formula is C12H21N3O2S. The molecule has 2 N–H and O–H groups in total. The monoisotopic (exact) mass is 271 g/mol. The molecule has 0 aliphatic rings. The number of carboxylic acids is 1. The molecule has 6 heteroatoms. The van der Waals surface area contributed by atoms with Crippen LogP contribution in [0.4, 0.5) is 5.13 Å². The summed E-state index contributed by atoms with van der Waals surface area (Å²) in [4.78, 5) is 17.6. The number of nitrogens with one attached hydrogen (secondary N) is 1. The van der Waals surface area contributed by atoms with E-state index in [1.165, 1.54) is 11.3 Å². The van der Waals surface area contributed by atoms with Crippen molar-refractivity contribution >= 4 is 22.4 Å². The molecule has 0 amide bonds. The fraction of sp³-hybridized carbons (Fsp3) is 0.667. The summed E-state index contributed by atoms with van der Waals surface area (Å²) in [5.41, 5.74) is 0.673. The van der Waals surface area contributed by atoms with Gasteiger partial charge in [0.25, 0.3) is 0 Å². The van der Waals surface area contributed by atoms with Crippen LogP contribution in [0.1, 0.15) is 29.2 Å². The van der Waals surface area contributed by atoms with Gasteiger partial charge in [0.05, 0.1) is 5.69 Å². The fourth-order valence-electron chi connectivity index (χ4n) is 1.90. The molecule has 0 saturated carbocycles. The summed E-state index contributed by atoms with van der Waals surface area (Å²) in [6.45, 7) is 7.76. The SMILES string of the molecule is Cc1nc(NCC(C)(C)CN(C)C)sc1C(=O)O. The molecule has 0 radical (unpaired) electrons. The van der Waals surface area contributed by atoms with Gasteiger partial charge >= 0.3 is 5.97 Å². The molecule has 0 aromatic carbocycles. The minimum absolute atomic E-state index is 0.104. The molecule has 0 bridgehead atoms. The van der Waals surface area contributed by atoms with Crippen LogP contribution in [0.5, 0.6) is 0 Å². The van der Waals surface area contributed by atoms with Crippen LogP contribution in [0, 0.1) is 12.3 Å². The van der Waals surface area contributed by atoms with Gasteiger partial charge in [-0.25, -0.2) is 9.78 Å². The van der Waals surface area contributed by atoms with E-state index in [4.69, 9.17) is 5.11 Å². The highest BCUT2D eigenvalue weighted by Gasteiger charge is 2.20. The molecule has 0 aliphatic carbocycles. The Bertz CT molecular complexity index is 427. The first-order valence-corrected chi connectivity index (χ1v) is 6.62. The third-order valence-corrected chi connectivity index (χ3v) is 3.56. The Kier molecular flexibility index (Phi) is 4.70. The number of aromatic nitrogens is 1. The lowest BCUT2D eigenvalue weighted by Gasteiger charge is -2.28. The maximum atomic E-state index is 10.9. The zero-order valence-corrected chi connectivity index (χ0v) is 12.4. The normalized spacial score (nSPS) is 11.9. The van der Waals surface area contributed by atoms with Gasteiger partial charge in [-0.15, -0.1) is 0 Å². The third kappa shape index (κ3) is 4.27. The molecule has 1 heterocycles. The van der Waals surface area contributed by atoms with Gasteiger partial charge in [0.2, 0.25) is 0 Å². The molecule has 0 aliphatic heterocycles. The van der Waals surface area contributed by atoms with Crippen LogP contribution < -0.4 is 5.32 Å². The van der Waals surface area contributed by atoms with Gasteiger partial charge in [-0.2, -0.15) is 0 Å². The Morgan fingerprint density at radius 1 is 1.50 bits per heavy atom. The molecule has 18 heavy (non-hydrogen) atoms. The number of aromatic carboxylic acids is 1. The Labute approximate surface area is 112 Å². The fourth-order valence-corrected chi connectivity index (χ4v) is 2.70. The number of carboxylic acid groups (broad SMARTS) is 1. The van der Waals surface area contributed by atoms with Crippen molar-refractivity contribution in [2.45, 2.75) is 20.8 Å². The summed E-state index contributed by atoms with van der Waals surface area (Å²) >= 11 is 1.19. The maximum absolute atomic E-state index is 10.9. The van der Waals surface area contributed by atoms with E-state index in [0.717, 1.165) is 13.1 Å². The zero-order valence-electron chi connectivity index (χ0n) is 11.6. The van der Waals surface area contributed by atoms with E-state index in [0.29, 0.717) is 15.7 Å². The Morgan fingerprint density at radius 3 is 2.56 bits per heavy atom. The summed E-state index contributed by atoms with van der Waals surface area (Å²) in [6.07, 6.45) is 0. The molecule has 0 saturated heterocycles. The lowest BCUT2D eigenvalue weighted by atomic mass is 9.93. The Hall–Kier alpha value is -1.14. The molecule has 0 atom stereocenters. The molecule has 102 valence electrons. The number of nitrogens with zero attached hydrogens (tertiary/aromatic N) is 2. The van der Waals surface area contributed by atoms with Crippen LogP contribution in [-0.4, -0.2) is 48.1 Å². The predicted molar refractivity (Wildman–Crippen MR) is 74.6 cm³/mol. The largest absolute Gasteiger partial charge is 0.477 e. The minimum Gasteiger partial charge on any atom is -0.477 e. The maximum Gasteiger partial charge on any atom is 0.347 e. The summed E-state index contributed by atoms with van der Waals surface area (Å²) in [7, 11) is 4.08.